The lowest BCUT2D eigenvalue weighted by Crippen LogP contribution is -2.51. The van der Waals surface area contributed by atoms with Gasteiger partial charge in [0.2, 0.25) is 0 Å². The van der Waals surface area contributed by atoms with E-state index in [9.17, 15) is 14.7 Å². The Balaban J connectivity index is 0.000000214. The molecule has 0 saturated heterocycles. The third kappa shape index (κ3) is 5.92. The van der Waals surface area contributed by atoms with Gasteiger partial charge in [-0.3, -0.25) is 4.79 Å². The molecule has 6 heteroatoms. The van der Waals surface area contributed by atoms with E-state index in [0.29, 0.717) is 23.9 Å². The number of hydrogen-bond acceptors (Lipinski definition) is 5. The number of esters is 1. The second-order valence-corrected chi connectivity index (χ2v) is 9.36. The van der Waals surface area contributed by atoms with Gasteiger partial charge in [-0.2, -0.15) is 0 Å². The Hall–Kier alpha value is -2.18. The number of aliphatic carboxylic acids is 1. The summed E-state index contributed by atoms with van der Waals surface area (Å²) in [4.78, 5) is 22.3. The van der Waals surface area contributed by atoms with Crippen molar-refractivity contribution in [1.29, 1.82) is 0 Å². The summed E-state index contributed by atoms with van der Waals surface area (Å²) in [5.74, 6) is -0.206. The van der Waals surface area contributed by atoms with E-state index in [1.807, 2.05) is 6.07 Å². The van der Waals surface area contributed by atoms with Crippen molar-refractivity contribution in [3.8, 4) is 0 Å². The molecule has 0 aliphatic heterocycles. The molecular weight excluding hydrogens is 382 g/mol. The topological polar surface area (TPSA) is 110 Å². The van der Waals surface area contributed by atoms with Crippen molar-refractivity contribution in [3.63, 3.8) is 0 Å². The number of fused-ring (bicyclic) bond motifs is 1. The van der Waals surface area contributed by atoms with E-state index in [1.165, 1.54) is 12.0 Å². The Kier molecular flexibility index (Phi) is 7.83. The predicted molar refractivity (Wildman–Crippen MR) is 116 cm³/mol. The summed E-state index contributed by atoms with van der Waals surface area (Å²) in [6.07, 6.45) is 4.59. The molecule has 1 unspecified atom stereocenters. The summed E-state index contributed by atoms with van der Waals surface area (Å²) in [6.45, 7) is 7.97. The first-order valence-corrected chi connectivity index (χ1v) is 10.6. The molecule has 0 heterocycles. The van der Waals surface area contributed by atoms with Crippen LogP contribution in [0.4, 0.5) is 0 Å². The minimum Gasteiger partial charge on any atom is -0.481 e. The highest BCUT2D eigenvalue weighted by Gasteiger charge is 2.54. The van der Waals surface area contributed by atoms with E-state index in [4.69, 9.17) is 15.6 Å². The van der Waals surface area contributed by atoms with Crippen LogP contribution in [0.3, 0.4) is 0 Å². The van der Waals surface area contributed by atoms with Gasteiger partial charge in [0.1, 0.15) is 5.60 Å². The van der Waals surface area contributed by atoms with E-state index in [1.54, 1.807) is 45.0 Å². The first kappa shape index (κ1) is 24.1. The highest BCUT2D eigenvalue weighted by atomic mass is 16.6. The maximum Gasteiger partial charge on any atom is 0.340 e. The number of carbonyl (C=O) groups is 2. The molecule has 6 nitrogen and oxygen atoms in total. The van der Waals surface area contributed by atoms with Gasteiger partial charge >= 0.3 is 11.9 Å². The minimum absolute atomic E-state index is 0.132. The van der Waals surface area contributed by atoms with E-state index in [-0.39, 0.29) is 11.8 Å². The summed E-state index contributed by atoms with van der Waals surface area (Å²) in [6, 6.07) is 8.74. The molecule has 166 valence electrons. The Morgan fingerprint density at radius 3 is 2.40 bits per heavy atom. The van der Waals surface area contributed by atoms with Gasteiger partial charge in [0.05, 0.1) is 6.42 Å². The Bertz CT molecular complexity index is 768. The van der Waals surface area contributed by atoms with Crippen LogP contribution in [-0.4, -0.2) is 34.3 Å². The van der Waals surface area contributed by atoms with Crippen molar-refractivity contribution < 1.29 is 24.5 Å². The van der Waals surface area contributed by atoms with Gasteiger partial charge in [0.25, 0.3) is 0 Å². The number of allylic oxidation sites excluding steroid dienone is 2. The first-order valence-electron chi connectivity index (χ1n) is 10.6. The van der Waals surface area contributed by atoms with Crippen LogP contribution in [0.15, 0.2) is 42.0 Å². The number of nitrogens with two attached hydrogens (primary N) is 1. The molecule has 2 aliphatic carbocycles. The van der Waals surface area contributed by atoms with E-state index >= 15 is 0 Å². The van der Waals surface area contributed by atoms with Crippen molar-refractivity contribution in [1.82, 2.24) is 0 Å². The number of aliphatic hydroxyl groups excluding tert-OH is 1. The quantitative estimate of drug-likeness (QED) is 0.479. The highest BCUT2D eigenvalue weighted by molar-refractivity contribution is 5.76. The molecule has 1 fully saturated rings. The minimum atomic E-state index is -1.20. The molecule has 0 radical (unpaired) electrons. The number of ether oxygens (including phenoxy) is 1. The lowest BCUT2D eigenvalue weighted by molar-refractivity contribution is -0.165. The summed E-state index contributed by atoms with van der Waals surface area (Å²) >= 11 is 0. The van der Waals surface area contributed by atoms with Crippen LogP contribution in [-0.2, 0) is 14.3 Å². The molecule has 4 atom stereocenters. The molecule has 1 saturated carbocycles. The van der Waals surface area contributed by atoms with Crippen molar-refractivity contribution in [2.45, 2.75) is 65.1 Å². The second kappa shape index (κ2) is 9.75. The SMILES string of the molecule is CC(C)(C)OC(=O)C(O)c1ccccc1.CCC1=C[C@@H]2[C@H](C1)C[C@]2(CN)CC(=O)O. The number of aliphatic hydroxyl groups is 1. The fraction of sp³-hybridized carbons (Fsp3) is 0.583. The summed E-state index contributed by atoms with van der Waals surface area (Å²) < 4.78 is 5.06. The number of benzene rings is 1. The molecule has 0 bridgehead atoms. The maximum atomic E-state index is 11.5. The number of rotatable bonds is 6. The van der Waals surface area contributed by atoms with Gasteiger partial charge in [0, 0.05) is 0 Å². The molecule has 4 N–H and O–H groups in total. The van der Waals surface area contributed by atoms with Crippen molar-refractivity contribution >= 4 is 11.9 Å². The second-order valence-electron chi connectivity index (χ2n) is 9.36. The monoisotopic (exact) mass is 417 g/mol. The summed E-state index contributed by atoms with van der Waals surface area (Å²) in [5.41, 5.74) is 7.10. The number of carbonyl (C=O) groups excluding carboxylic acids is 1. The first-order chi connectivity index (χ1) is 14.0. The zero-order valence-corrected chi connectivity index (χ0v) is 18.4. The van der Waals surface area contributed by atoms with Crippen LogP contribution >= 0.6 is 0 Å². The lowest BCUT2D eigenvalue weighted by Gasteiger charge is -2.51. The molecule has 30 heavy (non-hydrogen) atoms. The van der Waals surface area contributed by atoms with E-state index in [2.05, 4.69) is 13.0 Å². The fourth-order valence-corrected chi connectivity index (χ4v) is 4.47. The number of hydrogen-bond donors (Lipinski definition) is 3. The van der Waals surface area contributed by atoms with Crippen LogP contribution in [0.1, 0.15) is 65.0 Å². The van der Waals surface area contributed by atoms with Crippen molar-refractivity contribution in [2.24, 2.45) is 23.0 Å². The zero-order chi connectivity index (χ0) is 22.5. The normalized spacial score (nSPS) is 25.7. The van der Waals surface area contributed by atoms with Crippen molar-refractivity contribution in [3.05, 3.63) is 47.5 Å². The highest BCUT2D eigenvalue weighted by Crippen LogP contribution is 2.59. The zero-order valence-electron chi connectivity index (χ0n) is 18.4. The average Bonchev–Trinajstić information content (AvgIpc) is 3.03. The molecule has 3 rings (SSSR count). The standard InChI is InChI=1S/C12H19NO2.C12H16O3/c1-2-8-3-9-5-12(7-13,6-11(14)15)10(9)4-8;1-12(2,3)15-11(14)10(13)9-7-5-4-6-8-9/h4,9-10H,2-3,5-7,13H2,1H3,(H,14,15);4-8,10,13H,1-3H3/t9-,10-,12-;/m1./s1. The summed E-state index contributed by atoms with van der Waals surface area (Å²) in [7, 11) is 0. The van der Waals surface area contributed by atoms with Crippen LogP contribution < -0.4 is 5.73 Å². The van der Waals surface area contributed by atoms with Gasteiger partial charge in [-0.1, -0.05) is 48.9 Å². The van der Waals surface area contributed by atoms with Crippen molar-refractivity contribution in [2.75, 3.05) is 6.54 Å². The van der Waals surface area contributed by atoms with E-state index in [0.717, 1.165) is 12.8 Å². The Labute approximate surface area is 179 Å². The molecule has 0 amide bonds. The van der Waals surface area contributed by atoms with Gasteiger partial charge in [-0.05, 0) is 69.4 Å². The Morgan fingerprint density at radius 1 is 1.27 bits per heavy atom. The van der Waals surface area contributed by atoms with Gasteiger partial charge in [-0.25, -0.2) is 4.79 Å². The van der Waals surface area contributed by atoms with Crippen LogP contribution in [0, 0.1) is 17.3 Å². The van der Waals surface area contributed by atoms with Crippen LogP contribution in [0.5, 0.6) is 0 Å². The molecular formula is C24H35NO5. The molecule has 2 aliphatic rings. The van der Waals surface area contributed by atoms with Gasteiger partial charge in [-0.15, -0.1) is 0 Å². The van der Waals surface area contributed by atoms with E-state index < -0.39 is 23.6 Å². The van der Waals surface area contributed by atoms with Gasteiger partial charge in [0.15, 0.2) is 6.10 Å². The lowest BCUT2D eigenvalue weighted by atomic mass is 9.53. The largest absolute Gasteiger partial charge is 0.481 e. The molecule has 0 aromatic heterocycles. The van der Waals surface area contributed by atoms with Gasteiger partial charge < -0.3 is 20.7 Å². The molecule has 1 aromatic carbocycles. The average molecular weight is 418 g/mol. The smallest absolute Gasteiger partial charge is 0.340 e. The molecule has 0 spiro atoms. The Morgan fingerprint density at radius 2 is 1.90 bits per heavy atom. The fourth-order valence-electron chi connectivity index (χ4n) is 4.47. The van der Waals surface area contributed by atoms with Crippen LogP contribution in [0.2, 0.25) is 0 Å². The third-order valence-corrected chi connectivity index (χ3v) is 5.93. The predicted octanol–water partition coefficient (Wildman–Crippen LogP) is 3.84. The number of carboxylic acid groups (broad SMARTS) is 1. The summed E-state index contributed by atoms with van der Waals surface area (Å²) in [5, 5.41) is 18.6. The number of carboxylic acids is 1. The maximum absolute atomic E-state index is 11.5. The van der Waals surface area contributed by atoms with Crippen LogP contribution in [0.25, 0.3) is 0 Å². The third-order valence-electron chi connectivity index (χ3n) is 5.93. The molecule has 1 aromatic rings.